The molecule has 2 aromatic heterocycles. The summed E-state index contributed by atoms with van der Waals surface area (Å²) >= 11 is 1.20. The normalized spacial score (nSPS) is 14.0. The highest BCUT2D eigenvalue weighted by molar-refractivity contribution is 7.17. The van der Waals surface area contributed by atoms with Crippen molar-refractivity contribution in [1.82, 2.24) is 14.9 Å². The first-order valence-corrected chi connectivity index (χ1v) is 10.8. The molecule has 0 spiro atoms. The number of benzene rings is 1. The number of nitrogens with zero attached hydrogens (tertiary/aromatic N) is 3. The number of aromatic nitrogens is 2. The van der Waals surface area contributed by atoms with E-state index >= 15 is 0 Å². The molecule has 0 amide bonds. The van der Waals surface area contributed by atoms with Crippen molar-refractivity contribution in [2.24, 2.45) is 0 Å². The zero-order valence-corrected chi connectivity index (χ0v) is 17.6. The molecule has 0 unspecified atom stereocenters. The van der Waals surface area contributed by atoms with Crippen LogP contribution in [0.1, 0.15) is 28.1 Å². The van der Waals surface area contributed by atoms with Gasteiger partial charge in [-0.1, -0.05) is 0 Å². The lowest BCUT2D eigenvalue weighted by Crippen LogP contribution is -2.25. The molecule has 0 bridgehead atoms. The van der Waals surface area contributed by atoms with Gasteiger partial charge in [0.1, 0.15) is 17.2 Å². The first-order chi connectivity index (χ1) is 14.6. The third kappa shape index (κ3) is 4.95. The quantitative estimate of drug-likeness (QED) is 0.553. The SMILES string of the molecule is Cc1cnc(Nc2ccc(OCCN3CCCC3)cc2)nc1-c1ccc(C(=O)O)s1. The lowest BCUT2D eigenvalue weighted by atomic mass is 10.2. The third-order valence-electron chi connectivity index (χ3n) is 5.01. The summed E-state index contributed by atoms with van der Waals surface area (Å²) in [5.74, 6) is 0.368. The van der Waals surface area contributed by atoms with E-state index in [9.17, 15) is 4.79 Å². The molecule has 1 aliphatic heterocycles. The Morgan fingerprint density at radius 3 is 2.67 bits per heavy atom. The summed E-state index contributed by atoms with van der Waals surface area (Å²) < 4.78 is 5.84. The molecule has 156 valence electrons. The Bertz CT molecular complexity index is 1010. The molecule has 0 aliphatic carbocycles. The Morgan fingerprint density at radius 2 is 1.97 bits per heavy atom. The van der Waals surface area contributed by atoms with Crippen LogP contribution in [0, 0.1) is 6.92 Å². The van der Waals surface area contributed by atoms with E-state index in [1.165, 1.54) is 37.3 Å². The number of nitrogens with one attached hydrogen (secondary N) is 1. The number of ether oxygens (including phenoxy) is 1. The second-order valence-corrected chi connectivity index (χ2v) is 8.32. The van der Waals surface area contributed by atoms with E-state index in [0.29, 0.717) is 12.6 Å². The number of thiophene rings is 1. The predicted octanol–water partition coefficient (Wildman–Crippen LogP) is 4.43. The highest BCUT2D eigenvalue weighted by Crippen LogP contribution is 2.30. The van der Waals surface area contributed by atoms with Gasteiger partial charge in [-0.05, 0) is 74.8 Å². The second-order valence-electron chi connectivity index (χ2n) is 7.24. The van der Waals surface area contributed by atoms with Crippen LogP contribution < -0.4 is 10.1 Å². The minimum absolute atomic E-state index is 0.290. The smallest absolute Gasteiger partial charge is 0.345 e. The Balaban J connectivity index is 1.39. The fraction of sp³-hybridized carbons (Fsp3) is 0.318. The minimum Gasteiger partial charge on any atom is -0.492 e. The summed E-state index contributed by atoms with van der Waals surface area (Å²) in [7, 11) is 0. The average Bonchev–Trinajstić information content (AvgIpc) is 3.43. The topological polar surface area (TPSA) is 87.6 Å². The van der Waals surface area contributed by atoms with Crippen LogP contribution >= 0.6 is 11.3 Å². The van der Waals surface area contributed by atoms with Crippen molar-refractivity contribution in [3.63, 3.8) is 0 Å². The Kier molecular flexibility index (Phi) is 6.25. The van der Waals surface area contributed by atoms with Gasteiger partial charge in [0, 0.05) is 18.4 Å². The van der Waals surface area contributed by atoms with Gasteiger partial charge >= 0.3 is 5.97 Å². The van der Waals surface area contributed by atoms with Gasteiger partial charge in [0.05, 0.1) is 10.6 Å². The van der Waals surface area contributed by atoms with Crippen molar-refractivity contribution in [2.75, 3.05) is 31.6 Å². The van der Waals surface area contributed by atoms with Crippen LogP contribution in [0.4, 0.5) is 11.6 Å². The van der Waals surface area contributed by atoms with Gasteiger partial charge in [-0.25, -0.2) is 14.8 Å². The van der Waals surface area contributed by atoms with Crippen molar-refractivity contribution >= 4 is 28.9 Å². The van der Waals surface area contributed by atoms with E-state index in [1.54, 1.807) is 18.3 Å². The van der Waals surface area contributed by atoms with E-state index in [0.717, 1.165) is 34.1 Å². The number of carboxylic acid groups (broad SMARTS) is 1. The van der Waals surface area contributed by atoms with E-state index in [4.69, 9.17) is 9.84 Å². The summed E-state index contributed by atoms with van der Waals surface area (Å²) in [6.07, 6.45) is 4.31. The van der Waals surface area contributed by atoms with E-state index in [2.05, 4.69) is 20.2 Å². The molecular formula is C22H24N4O3S. The van der Waals surface area contributed by atoms with Gasteiger partial charge in [0.15, 0.2) is 0 Å². The standard InChI is InChI=1S/C22H24N4O3S/c1-15-14-23-22(25-20(15)18-8-9-19(30-18)21(27)28)24-16-4-6-17(7-5-16)29-13-12-26-10-2-3-11-26/h4-9,14H,2-3,10-13H2,1H3,(H,27,28)(H,23,24,25). The molecule has 7 nitrogen and oxygen atoms in total. The van der Waals surface area contributed by atoms with Crippen molar-refractivity contribution in [3.05, 3.63) is 53.0 Å². The fourth-order valence-electron chi connectivity index (χ4n) is 3.39. The van der Waals surface area contributed by atoms with Crippen LogP contribution in [0.25, 0.3) is 10.6 Å². The highest BCUT2D eigenvalue weighted by Gasteiger charge is 2.13. The van der Waals surface area contributed by atoms with Crippen LogP contribution in [-0.4, -0.2) is 52.2 Å². The molecule has 0 saturated carbocycles. The Labute approximate surface area is 179 Å². The zero-order chi connectivity index (χ0) is 20.9. The number of anilines is 2. The summed E-state index contributed by atoms with van der Waals surface area (Å²) in [4.78, 5) is 23.6. The summed E-state index contributed by atoms with van der Waals surface area (Å²) in [6, 6.07) is 11.1. The van der Waals surface area contributed by atoms with Gasteiger partial charge in [0.25, 0.3) is 0 Å². The number of hydrogen-bond acceptors (Lipinski definition) is 7. The number of carbonyl (C=O) groups is 1. The number of hydrogen-bond donors (Lipinski definition) is 2. The van der Waals surface area contributed by atoms with Crippen molar-refractivity contribution in [1.29, 1.82) is 0 Å². The van der Waals surface area contributed by atoms with Gasteiger partial charge in [-0.2, -0.15) is 0 Å². The van der Waals surface area contributed by atoms with Gasteiger partial charge < -0.3 is 15.2 Å². The lowest BCUT2D eigenvalue weighted by Gasteiger charge is -2.15. The maximum atomic E-state index is 11.2. The second kappa shape index (κ2) is 9.23. The largest absolute Gasteiger partial charge is 0.492 e. The summed E-state index contributed by atoms with van der Waals surface area (Å²) in [5.41, 5.74) is 2.47. The molecule has 1 saturated heterocycles. The average molecular weight is 425 g/mol. The van der Waals surface area contributed by atoms with Crippen LogP contribution in [0.15, 0.2) is 42.6 Å². The van der Waals surface area contributed by atoms with Gasteiger partial charge in [-0.15, -0.1) is 11.3 Å². The first-order valence-electron chi connectivity index (χ1n) is 9.98. The predicted molar refractivity (Wildman–Crippen MR) is 118 cm³/mol. The summed E-state index contributed by atoms with van der Waals surface area (Å²) in [5, 5.41) is 12.3. The molecule has 8 heteroatoms. The molecule has 1 aromatic carbocycles. The van der Waals surface area contributed by atoms with Crippen molar-refractivity contribution < 1.29 is 14.6 Å². The number of carboxylic acids is 1. The summed E-state index contributed by atoms with van der Waals surface area (Å²) in [6.45, 7) is 5.91. The van der Waals surface area contributed by atoms with Crippen molar-refractivity contribution in [3.8, 4) is 16.3 Å². The number of rotatable bonds is 8. The molecule has 0 atom stereocenters. The molecule has 3 aromatic rings. The van der Waals surface area contributed by atoms with Gasteiger partial charge in [0.2, 0.25) is 5.95 Å². The molecule has 3 heterocycles. The monoisotopic (exact) mass is 424 g/mol. The van der Waals surface area contributed by atoms with Crippen LogP contribution in [-0.2, 0) is 0 Å². The third-order valence-corrected chi connectivity index (χ3v) is 6.09. The molecule has 2 N–H and O–H groups in total. The van der Waals surface area contributed by atoms with E-state index in [-0.39, 0.29) is 4.88 Å². The van der Waals surface area contributed by atoms with E-state index < -0.39 is 5.97 Å². The maximum Gasteiger partial charge on any atom is 0.345 e. The molecular weight excluding hydrogens is 400 g/mol. The van der Waals surface area contributed by atoms with Crippen LogP contribution in [0.5, 0.6) is 5.75 Å². The minimum atomic E-state index is -0.931. The van der Waals surface area contributed by atoms with Crippen LogP contribution in [0.2, 0.25) is 0 Å². The number of likely N-dealkylation sites (tertiary alicyclic amines) is 1. The van der Waals surface area contributed by atoms with E-state index in [1.807, 2.05) is 31.2 Å². The Morgan fingerprint density at radius 1 is 1.20 bits per heavy atom. The Hall–Kier alpha value is -2.97. The van der Waals surface area contributed by atoms with Crippen LogP contribution in [0.3, 0.4) is 0 Å². The molecule has 0 radical (unpaired) electrons. The first kappa shape index (κ1) is 20.3. The highest BCUT2D eigenvalue weighted by atomic mass is 32.1. The number of aryl methyl sites for hydroxylation is 1. The zero-order valence-electron chi connectivity index (χ0n) is 16.8. The van der Waals surface area contributed by atoms with Gasteiger partial charge in [-0.3, -0.25) is 4.90 Å². The molecule has 30 heavy (non-hydrogen) atoms. The molecule has 1 aliphatic rings. The maximum absolute atomic E-state index is 11.2. The lowest BCUT2D eigenvalue weighted by molar-refractivity contribution is 0.0702. The molecule has 4 rings (SSSR count). The molecule has 1 fully saturated rings. The number of aromatic carboxylic acids is 1. The fourth-order valence-corrected chi connectivity index (χ4v) is 4.29. The van der Waals surface area contributed by atoms with Crippen molar-refractivity contribution in [2.45, 2.75) is 19.8 Å².